The molecule has 3 heteroatoms. The highest BCUT2D eigenvalue weighted by molar-refractivity contribution is 5.57. The zero-order valence-electron chi connectivity index (χ0n) is 10.6. The van der Waals surface area contributed by atoms with E-state index >= 15 is 0 Å². The van der Waals surface area contributed by atoms with E-state index in [4.69, 9.17) is 5.26 Å². The van der Waals surface area contributed by atoms with Crippen molar-refractivity contribution in [1.29, 1.82) is 5.26 Å². The lowest BCUT2D eigenvalue weighted by atomic mass is 9.86. The van der Waals surface area contributed by atoms with E-state index in [1.165, 1.54) is 25.7 Å². The molecule has 0 radical (unpaired) electrons. The molecule has 1 heterocycles. The molecule has 2 unspecified atom stereocenters. The lowest BCUT2D eigenvalue weighted by Crippen LogP contribution is -2.36. The highest BCUT2D eigenvalue weighted by atomic mass is 15.1. The van der Waals surface area contributed by atoms with Crippen molar-refractivity contribution >= 4 is 5.69 Å². The summed E-state index contributed by atoms with van der Waals surface area (Å²) in [6.07, 6.45) is 8.55. The van der Waals surface area contributed by atoms with Gasteiger partial charge in [-0.1, -0.05) is 19.8 Å². The minimum absolute atomic E-state index is 0.551. The van der Waals surface area contributed by atoms with Crippen LogP contribution in [0.4, 0.5) is 5.69 Å². The van der Waals surface area contributed by atoms with Crippen molar-refractivity contribution in [3.8, 4) is 6.07 Å². The molecule has 0 amide bonds. The first-order chi connectivity index (χ1) is 8.22. The zero-order chi connectivity index (χ0) is 12.3. The Hall–Kier alpha value is -1.56. The first-order valence-corrected chi connectivity index (χ1v) is 6.29. The Morgan fingerprint density at radius 1 is 1.47 bits per heavy atom. The average molecular weight is 229 g/mol. The maximum Gasteiger partial charge on any atom is 0.101 e. The molecule has 0 spiro atoms. The van der Waals surface area contributed by atoms with Crippen molar-refractivity contribution in [2.45, 2.75) is 38.6 Å². The number of nitriles is 1. The van der Waals surface area contributed by atoms with Crippen molar-refractivity contribution in [3.05, 3.63) is 24.0 Å². The van der Waals surface area contributed by atoms with E-state index in [1.54, 1.807) is 18.5 Å². The van der Waals surface area contributed by atoms with Gasteiger partial charge in [0, 0.05) is 19.3 Å². The molecule has 1 aromatic rings. The predicted octanol–water partition coefficient (Wildman–Crippen LogP) is 2.97. The van der Waals surface area contributed by atoms with Gasteiger partial charge in [0.2, 0.25) is 0 Å². The number of aromatic nitrogens is 1. The molecule has 0 aromatic carbocycles. The number of hydrogen-bond donors (Lipinski definition) is 0. The summed E-state index contributed by atoms with van der Waals surface area (Å²) in [5, 5.41) is 9.11. The van der Waals surface area contributed by atoms with E-state index in [9.17, 15) is 0 Å². The summed E-state index contributed by atoms with van der Waals surface area (Å²) in [6.45, 7) is 2.31. The third-order valence-electron chi connectivity index (χ3n) is 3.76. The summed E-state index contributed by atoms with van der Waals surface area (Å²) in [7, 11) is 2.08. The van der Waals surface area contributed by atoms with Crippen LogP contribution in [0.3, 0.4) is 0 Å². The molecule has 3 nitrogen and oxygen atoms in total. The highest BCUT2D eigenvalue weighted by Gasteiger charge is 2.23. The van der Waals surface area contributed by atoms with E-state index in [0.29, 0.717) is 6.04 Å². The molecule has 2 rings (SSSR count). The van der Waals surface area contributed by atoms with E-state index in [2.05, 4.69) is 29.9 Å². The third kappa shape index (κ3) is 2.58. The molecule has 1 aliphatic rings. The normalized spacial score (nSPS) is 24.1. The van der Waals surface area contributed by atoms with Crippen molar-refractivity contribution < 1.29 is 0 Å². The monoisotopic (exact) mass is 229 g/mol. The van der Waals surface area contributed by atoms with E-state index in [0.717, 1.165) is 17.2 Å². The number of anilines is 1. The maximum absolute atomic E-state index is 9.11. The predicted molar refractivity (Wildman–Crippen MR) is 68.8 cm³/mol. The van der Waals surface area contributed by atoms with Gasteiger partial charge in [-0.3, -0.25) is 4.98 Å². The van der Waals surface area contributed by atoms with Gasteiger partial charge < -0.3 is 4.90 Å². The topological polar surface area (TPSA) is 39.9 Å². The van der Waals surface area contributed by atoms with Crippen molar-refractivity contribution in [3.63, 3.8) is 0 Å². The second-order valence-corrected chi connectivity index (χ2v) is 5.04. The summed E-state index contributed by atoms with van der Waals surface area (Å²) in [4.78, 5) is 6.37. The number of pyridine rings is 1. The van der Waals surface area contributed by atoms with Gasteiger partial charge in [0.25, 0.3) is 0 Å². The zero-order valence-corrected chi connectivity index (χ0v) is 10.6. The molecule has 1 aliphatic carbocycles. The fourth-order valence-electron chi connectivity index (χ4n) is 2.71. The summed E-state index contributed by atoms with van der Waals surface area (Å²) >= 11 is 0. The van der Waals surface area contributed by atoms with E-state index < -0.39 is 0 Å². The second kappa shape index (κ2) is 5.18. The first kappa shape index (κ1) is 11.9. The Bertz CT molecular complexity index is 422. The van der Waals surface area contributed by atoms with Crippen LogP contribution in [-0.2, 0) is 0 Å². The lowest BCUT2D eigenvalue weighted by Gasteiger charge is -2.35. The molecule has 0 N–H and O–H groups in total. The van der Waals surface area contributed by atoms with Gasteiger partial charge >= 0.3 is 0 Å². The van der Waals surface area contributed by atoms with Gasteiger partial charge in [-0.25, -0.2) is 0 Å². The molecular weight excluding hydrogens is 210 g/mol. The van der Waals surface area contributed by atoms with Crippen LogP contribution in [0.1, 0.15) is 38.2 Å². The molecule has 0 aliphatic heterocycles. The quantitative estimate of drug-likeness (QED) is 0.782. The number of hydrogen-bond acceptors (Lipinski definition) is 3. The molecular formula is C14H19N3. The van der Waals surface area contributed by atoms with Crippen molar-refractivity contribution in [1.82, 2.24) is 4.98 Å². The molecule has 0 bridgehead atoms. The fraction of sp³-hybridized carbons (Fsp3) is 0.571. The van der Waals surface area contributed by atoms with Gasteiger partial charge in [0.05, 0.1) is 17.4 Å². The molecule has 0 saturated heterocycles. The summed E-state index contributed by atoms with van der Waals surface area (Å²) in [5.41, 5.74) is 1.69. The lowest BCUT2D eigenvalue weighted by molar-refractivity contribution is 0.336. The molecule has 17 heavy (non-hydrogen) atoms. The summed E-state index contributed by atoms with van der Waals surface area (Å²) < 4.78 is 0. The summed E-state index contributed by atoms with van der Waals surface area (Å²) in [6, 6.07) is 4.59. The second-order valence-electron chi connectivity index (χ2n) is 5.04. The Balaban J connectivity index is 2.19. The van der Waals surface area contributed by atoms with Crippen LogP contribution in [0, 0.1) is 17.2 Å². The van der Waals surface area contributed by atoms with Crippen LogP contribution in [0.25, 0.3) is 0 Å². The van der Waals surface area contributed by atoms with Crippen molar-refractivity contribution in [2.75, 3.05) is 11.9 Å². The van der Waals surface area contributed by atoms with Gasteiger partial charge in [-0.2, -0.15) is 5.26 Å². The molecule has 1 aromatic heterocycles. The van der Waals surface area contributed by atoms with E-state index in [1.807, 2.05) is 0 Å². The molecule has 2 atom stereocenters. The summed E-state index contributed by atoms with van der Waals surface area (Å²) in [5.74, 6) is 0.790. The van der Waals surface area contributed by atoms with Gasteiger partial charge in [0.1, 0.15) is 6.07 Å². The minimum atomic E-state index is 0.551. The van der Waals surface area contributed by atoms with Crippen LogP contribution in [0.5, 0.6) is 0 Å². The Morgan fingerprint density at radius 3 is 3.00 bits per heavy atom. The Kier molecular flexibility index (Phi) is 3.63. The van der Waals surface area contributed by atoms with Crippen LogP contribution in [0.2, 0.25) is 0 Å². The molecule has 90 valence electrons. The highest BCUT2D eigenvalue weighted by Crippen LogP contribution is 2.30. The van der Waals surface area contributed by atoms with Crippen molar-refractivity contribution in [2.24, 2.45) is 5.92 Å². The number of nitrogens with zero attached hydrogens (tertiary/aromatic N) is 3. The van der Waals surface area contributed by atoms with Gasteiger partial charge in [-0.15, -0.1) is 0 Å². The Labute approximate surface area is 103 Å². The largest absolute Gasteiger partial charge is 0.369 e. The first-order valence-electron chi connectivity index (χ1n) is 6.29. The number of rotatable bonds is 2. The molecule has 1 saturated carbocycles. The smallest absolute Gasteiger partial charge is 0.101 e. The average Bonchev–Trinajstić information content (AvgIpc) is 2.38. The van der Waals surface area contributed by atoms with Crippen LogP contribution >= 0.6 is 0 Å². The third-order valence-corrected chi connectivity index (χ3v) is 3.76. The van der Waals surface area contributed by atoms with Gasteiger partial charge in [0.15, 0.2) is 0 Å². The van der Waals surface area contributed by atoms with Crippen LogP contribution in [-0.4, -0.2) is 18.1 Å². The maximum atomic E-state index is 9.11. The Morgan fingerprint density at radius 2 is 2.29 bits per heavy atom. The minimum Gasteiger partial charge on any atom is -0.369 e. The van der Waals surface area contributed by atoms with Gasteiger partial charge in [-0.05, 0) is 24.8 Å². The van der Waals surface area contributed by atoms with Crippen LogP contribution < -0.4 is 4.90 Å². The van der Waals surface area contributed by atoms with Crippen LogP contribution in [0.15, 0.2) is 18.5 Å². The molecule has 1 fully saturated rings. The fourth-order valence-corrected chi connectivity index (χ4v) is 2.71. The standard InChI is InChI=1S/C14H19N3/c1-11-4-3-5-13(8-11)17(2)14-10-16-7-6-12(14)9-15/h6-7,10-11,13H,3-5,8H2,1-2H3. The van der Waals surface area contributed by atoms with E-state index in [-0.39, 0.29) is 0 Å². The SMILES string of the molecule is CC1CCCC(N(C)c2cnccc2C#N)C1.